The molecule has 144 valence electrons. The van der Waals surface area contributed by atoms with Crippen LogP contribution in [0.2, 0.25) is 0 Å². The fourth-order valence-electron chi connectivity index (χ4n) is 3.38. The smallest absolute Gasteiger partial charge is 0.266 e. The highest BCUT2D eigenvalue weighted by Gasteiger charge is 2.31. The van der Waals surface area contributed by atoms with Crippen LogP contribution >= 0.6 is 24.0 Å². The van der Waals surface area contributed by atoms with Crippen molar-refractivity contribution in [1.29, 1.82) is 0 Å². The van der Waals surface area contributed by atoms with Gasteiger partial charge in [-0.15, -0.1) is 0 Å². The molecule has 4 nitrogen and oxygen atoms in total. The first kappa shape index (κ1) is 20.1. The van der Waals surface area contributed by atoms with Crippen LogP contribution in [-0.2, 0) is 16.0 Å². The average Bonchev–Trinajstić information content (AvgIpc) is 2.96. The number of aryl methyl sites for hydroxylation is 1. The SMILES string of the molecule is CCc1ccc(/C=C2\SC(=S)N(CCCC(=O)N3CCCCC3)C2=O)cc1. The van der Waals surface area contributed by atoms with Gasteiger partial charge in [0.15, 0.2) is 0 Å². The van der Waals surface area contributed by atoms with Crippen molar-refractivity contribution in [2.24, 2.45) is 0 Å². The summed E-state index contributed by atoms with van der Waals surface area (Å²) in [5.41, 5.74) is 2.28. The summed E-state index contributed by atoms with van der Waals surface area (Å²) in [4.78, 5) is 29.2. The molecule has 2 aliphatic heterocycles. The Balaban J connectivity index is 1.54. The lowest BCUT2D eigenvalue weighted by Crippen LogP contribution is -2.36. The number of hydrogen-bond acceptors (Lipinski definition) is 4. The van der Waals surface area contributed by atoms with Crippen LogP contribution in [0.3, 0.4) is 0 Å². The van der Waals surface area contributed by atoms with Gasteiger partial charge < -0.3 is 4.90 Å². The van der Waals surface area contributed by atoms with Gasteiger partial charge in [-0.1, -0.05) is 55.2 Å². The number of thiocarbonyl (C=S) groups is 1. The summed E-state index contributed by atoms with van der Waals surface area (Å²) in [6, 6.07) is 8.23. The van der Waals surface area contributed by atoms with Gasteiger partial charge in [0.05, 0.1) is 4.91 Å². The molecule has 0 bridgehead atoms. The molecule has 0 saturated carbocycles. The molecule has 2 saturated heterocycles. The quantitative estimate of drug-likeness (QED) is 0.527. The van der Waals surface area contributed by atoms with E-state index in [4.69, 9.17) is 12.2 Å². The molecule has 2 fully saturated rings. The molecule has 1 aromatic carbocycles. The van der Waals surface area contributed by atoms with E-state index < -0.39 is 0 Å². The molecule has 0 spiro atoms. The van der Waals surface area contributed by atoms with Crippen LogP contribution in [0.4, 0.5) is 0 Å². The van der Waals surface area contributed by atoms with Gasteiger partial charge in [0.1, 0.15) is 4.32 Å². The molecule has 0 radical (unpaired) electrons. The molecule has 1 aromatic rings. The van der Waals surface area contributed by atoms with Gasteiger partial charge in [-0.05, 0) is 49.3 Å². The Kier molecular flexibility index (Phi) is 7.07. The van der Waals surface area contributed by atoms with Crippen molar-refractivity contribution in [2.45, 2.75) is 45.4 Å². The average molecular weight is 403 g/mol. The number of benzene rings is 1. The van der Waals surface area contributed by atoms with Gasteiger partial charge in [-0.25, -0.2) is 0 Å². The lowest BCUT2D eigenvalue weighted by molar-refractivity contribution is -0.132. The fourth-order valence-corrected chi connectivity index (χ4v) is 4.69. The molecule has 2 amide bonds. The van der Waals surface area contributed by atoms with E-state index in [2.05, 4.69) is 19.1 Å². The fraction of sp³-hybridized carbons (Fsp3) is 0.476. The lowest BCUT2D eigenvalue weighted by atomic mass is 10.1. The summed E-state index contributed by atoms with van der Waals surface area (Å²) >= 11 is 6.73. The normalized spacial score (nSPS) is 19.2. The predicted octanol–water partition coefficient (Wildman–Crippen LogP) is 4.24. The summed E-state index contributed by atoms with van der Waals surface area (Å²) < 4.78 is 0.585. The highest BCUT2D eigenvalue weighted by atomic mass is 32.2. The molecule has 0 aromatic heterocycles. The second-order valence-electron chi connectivity index (χ2n) is 6.97. The summed E-state index contributed by atoms with van der Waals surface area (Å²) in [5.74, 6) is 0.154. The van der Waals surface area contributed by atoms with Gasteiger partial charge in [0.25, 0.3) is 5.91 Å². The first-order valence-electron chi connectivity index (χ1n) is 9.70. The summed E-state index contributed by atoms with van der Waals surface area (Å²) in [6.45, 7) is 4.38. The Bertz CT molecular complexity index is 737. The maximum absolute atomic E-state index is 12.7. The third kappa shape index (κ3) is 5.20. The first-order chi connectivity index (χ1) is 13.1. The summed E-state index contributed by atoms with van der Waals surface area (Å²) in [5, 5.41) is 0. The minimum atomic E-state index is -0.0463. The third-order valence-corrected chi connectivity index (χ3v) is 6.42. The Morgan fingerprint density at radius 2 is 1.89 bits per heavy atom. The van der Waals surface area contributed by atoms with Crippen LogP contribution < -0.4 is 0 Å². The van der Waals surface area contributed by atoms with Crippen molar-refractivity contribution in [3.63, 3.8) is 0 Å². The number of hydrogen-bond donors (Lipinski definition) is 0. The minimum Gasteiger partial charge on any atom is -0.343 e. The second kappa shape index (κ2) is 9.51. The number of piperidine rings is 1. The Morgan fingerprint density at radius 3 is 2.56 bits per heavy atom. The van der Waals surface area contributed by atoms with E-state index in [0.717, 1.165) is 37.9 Å². The summed E-state index contributed by atoms with van der Waals surface area (Å²) in [7, 11) is 0. The highest BCUT2D eigenvalue weighted by Crippen LogP contribution is 2.32. The number of carbonyl (C=O) groups is 2. The van der Waals surface area contributed by atoms with Crippen LogP contribution in [-0.4, -0.2) is 45.6 Å². The monoisotopic (exact) mass is 402 g/mol. The number of rotatable bonds is 6. The molecule has 0 unspecified atom stereocenters. The Labute approximate surface area is 171 Å². The van der Waals surface area contributed by atoms with E-state index in [0.29, 0.717) is 28.6 Å². The zero-order chi connectivity index (χ0) is 19.2. The van der Waals surface area contributed by atoms with Crippen molar-refractivity contribution >= 4 is 46.2 Å². The van der Waals surface area contributed by atoms with Crippen molar-refractivity contribution in [3.8, 4) is 0 Å². The molecular formula is C21H26N2O2S2. The molecule has 0 aliphatic carbocycles. The van der Waals surface area contributed by atoms with E-state index in [9.17, 15) is 9.59 Å². The molecule has 3 rings (SSSR count). The van der Waals surface area contributed by atoms with E-state index >= 15 is 0 Å². The molecule has 27 heavy (non-hydrogen) atoms. The zero-order valence-corrected chi connectivity index (χ0v) is 17.4. The van der Waals surface area contributed by atoms with Gasteiger partial charge in [0, 0.05) is 26.1 Å². The molecule has 2 aliphatic rings. The predicted molar refractivity (Wildman–Crippen MR) is 115 cm³/mol. The standard InChI is InChI=1S/C21H26N2O2S2/c1-2-16-8-10-17(11-9-16)15-18-20(25)23(21(26)27-18)14-6-7-19(24)22-12-4-3-5-13-22/h8-11,15H,2-7,12-14H2,1H3/b18-15-. The van der Waals surface area contributed by atoms with Gasteiger partial charge in [0.2, 0.25) is 5.91 Å². The van der Waals surface area contributed by atoms with E-state index in [1.165, 1.54) is 23.7 Å². The highest BCUT2D eigenvalue weighted by molar-refractivity contribution is 8.26. The Hall–Kier alpha value is -1.66. The van der Waals surface area contributed by atoms with Gasteiger partial charge >= 0.3 is 0 Å². The maximum Gasteiger partial charge on any atom is 0.266 e. The van der Waals surface area contributed by atoms with Crippen LogP contribution in [0, 0.1) is 0 Å². The maximum atomic E-state index is 12.7. The zero-order valence-electron chi connectivity index (χ0n) is 15.8. The summed E-state index contributed by atoms with van der Waals surface area (Å²) in [6.07, 6.45) is 7.45. The third-order valence-electron chi connectivity index (χ3n) is 5.04. The van der Waals surface area contributed by atoms with E-state index in [1.54, 1.807) is 4.90 Å². The van der Waals surface area contributed by atoms with Crippen molar-refractivity contribution < 1.29 is 9.59 Å². The minimum absolute atomic E-state index is 0.0463. The number of amides is 2. The van der Waals surface area contributed by atoms with Crippen molar-refractivity contribution in [1.82, 2.24) is 9.80 Å². The number of thioether (sulfide) groups is 1. The molecular weight excluding hydrogens is 376 g/mol. The number of likely N-dealkylation sites (tertiary alicyclic amines) is 1. The van der Waals surface area contributed by atoms with Gasteiger partial charge in [-0.3, -0.25) is 14.5 Å². The molecule has 0 N–H and O–H groups in total. The van der Waals surface area contributed by atoms with Crippen LogP contribution in [0.25, 0.3) is 6.08 Å². The molecule has 0 atom stereocenters. The Morgan fingerprint density at radius 1 is 1.19 bits per heavy atom. The largest absolute Gasteiger partial charge is 0.343 e. The second-order valence-corrected chi connectivity index (χ2v) is 8.65. The number of nitrogens with zero attached hydrogens (tertiary/aromatic N) is 2. The molecule has 6 heteroatoms. The van der Waals surface area contributed by atoms with Gasteiger partial charge in [-0.2, -0.15) is 0 Å². The van der Waals surface area contributed by atoms with E-state index in [-0.39, 0.29) is 11.8 Å². The lowest BCUT2D eigenvalue weighted by Gasteiger charge is -2.27. The molecule has 2 heterocycles. The first-order valence-corrected chi connectivity index (χ1v) is 10.9. The van der Waals surface area contributed by atoms with Crippen LogP contribution in [0.15, 0.2) is 29.2 Å². The number of carbonyl (C=O) groups excluding carboxylic acids is 2. The van der Waals surface area contributed by atoms with E-state index in [1.807, 2.05) is 23.1 Å². The van der Waals surface area contributed by atoms with Crippen LogP contribution in [0.5, 0.6) is 0 Å². The van der Waals surface area contributed by atoms with Crippen LogP contribution in [0.1, 0.15) is 50.2 Å². The van der Waals surface area contributed by atoms with Crippen molar-refractivity contribution in [2.75, 3.05) is 19.6 Å². The van der Waals surface area contributed by atoms with Crippen molar-refractivity contribution in [3.05, 3.63) is 40.3 Å². The topological polar surface area (TPSA) is 40.6 Å².